The van der Waals surface area contributed by atoms with Crippen LogP contribution in [-0.2, 0) is 10.2 Å². The maximum absolute atomic E-state index is 11.1. The molecule has 5 heteroatoms. The lowest BCUT2D eigenvalue weighted by Crippen LogP contribution is -2.38. The summed E-state index contributed by atoms with van der Waals surface area (Å²) in [5.74, 6) is 0.438. The molecule has 0 aliphatic rings. The summed E-state index contributed by atoms with van der Waals surface area (Å²) < 4.78 is 27.2. The van der Waals surface area contributed by atoms with Crippen LogP contribution in [0.2, 0.25) is 0 Å². The number of nitrogens with one attached hydrogen (secondary N) is 2. The van der Waals surface area contributed by atoms with E-state index in [0.29, 0.717) is 19.0 Å². The summed E-state index contributed by atoms with van der Waals surface area (Å²) in [5, 5.41) is 0. The van der Waals surface area contributed by atoms with Crippen LogP contribution in [0.25, 0.3) is 0 Å². The van der Waals surface area contributed by atoms with Crippen molar-refractivity contribution >= 4 is 10.2 Å². The van der Waals surface area contributed by atoms with Crippen molar-refractivity contribution < 1.29 is 8.42 Å². The van der Waals surface area contributed by atoms with E-state index in [-0.39, 0.29) is 0 Å². The first-order valence-corrected chi connectivity index (χ1v) is 6.28. The van der Waals surface area contributed by atoms with Gasteiger partial charge in [-0.05, 0) is 5.92 Å². The van der Waals surface area contributed by atoms with Crippen LogP contribution in [0.1, 0.15) is 33.6 Å². The van der Waals surface area contributed by atoms with Gasteiger partial charge in [0.2, 0.25) is 0 Å². The Bertz CT molecular complexity index is 210. The molecule has 13 heavy (non-hydrogen) atoms. The minimum absolute atomic E-state index is 0.429. The maximum atomic E-state index is 11.1. The molecular weight excluding hydrogens is 188 g/mol. The van der Waals surface area contributed by atoms with E-state index in [2.05, 4.69) is 23.3 Å². The van der Waals surface area contributed by atoms with Crippen LogP contribution in [0.4, 0.5) is 0 Å². The van der Waals surface area contributed by atoms with Crippen molar-refractivity contribution in [3.63, 3.8) is 0 Å². The molecule has 0 aromatic rings. The van der Waals surface area contributed by atoms with Crippen molar-refractivity contribution in [2.24, 2.45) is 5.92 Å². The fourth-order valence-corrected chi connectivity index (χ4v) is 1.98. The van der Waals surface area contributed by atoms with Crippen LogP contribution in [0.15, 0.2) is 0 Å². The Labute approximate surface area is 81.3 Å². The third-order valence-electron chi connectivity index (χ3n) is 2.05. The van der Waals surface area contributed by atoms with Crippen molar-refractivity contribution in [3.05, 3.63) is 0 Å². The van der Waals surface area contributed by atoms with Gasteiger partial charge in [0.1, 0.15) is 0 Å². The molecule has 0 saturated heterocycles. The summed E-state index contributed by atoms with van der Waals surface area (Å²) in [4.78, 5) is 0. The Balaban J connectivity index is 3.86. The van der Waals surface area contributed by atoms with E-state index in [0.717, 1.165) is 12.8 Å². The molecule has 0 radical (unpaired) electrons. The Hall–Kier alpha value is -0.130. The Morgan fingerprint density at radius 1 is 1.08 bits per heavy atom. The average Bonchev–Trinajstić information content (AvgIpc) is 2.06. The van der Waals surface area contributed by atoms with Gasteiger partial charge in [0.15, 0.2) is 0 Å². The summed E-state index contributed by atoms with van der Waals surface area (Å²) in [6, 6.07) is 0. The van der Waals surface area contributed by atoms with Gasteiger partial charge in [-0.1, -0.05) is 33.6 Å². The molecule has 0 amide bonds. The van der Waals surface area contributed by atoms with Gasteiger partial charge < -0.3 is 0 Å². The first kappa shape index (κ1) is 12.9. The molecule has 4 nitrogen and oxygen atoms in total. The van der Waals surface area contributed by atoms with Gasteiger partial charge in [-0.2, -0.15) is 8.42 Å². The second-order valence-electron chi connectivity index (χ2n) is 3.03. The van der Waals surface area contributed by atoms with Gasteiger partial charge in [0.05, 0.1) is 0 Å². The maximum Gasteiger partial charge on any atom is 0.276 e. The molecule has 0 aromatic heterocycles. The zero-order chi connectivity index (χ0) is 10.3. The summed E-state index contributed by atoms with van der Waals surface area (Å²) in [5.41, 5.74) is 0. The van der Waals surface area contributed by atoms with Crippen LogP contribution in [0, 0.1) is 5.92 Å². The van der Waals surface area contributed by atoms with E-state index < -0.39 is 10.2 Å². The molecule has 80 valence electrons. The SMILES string of the molecule is CCNS(=O)(=O)NCC(CC)CC. The molecule has 0 aromatic carbocycles. The van der Waals surface area contributed by atoms with Gasteiger partial charge in [-0.3, -0.25) is 0 Å². The molecule has 0 atom stereocenters. The van der Waals surface area contributed by atoms with Crippen molar-refractivity contribution in [2.45, 2.75) is 33.6 Å². The van der Waals surface area contributed by atoms with Gasteiger partial charge in [-0.15, -0.1) is 0 Å². The van der Waals surface area contributed by atoms with Crippen molar-refractivity contribution in [1.82, 2.24) is 9.44 Å². The van der Waals surface area contributed by atoms with Crippen LogP contribution < -0.4 is 9.44 Å². The first-order valence-electron chi connectivity index (χ1n) is 4.79. The predicted molar refractivity (Wildman–Crippen MR) is 54.7 cm³/mol. The molecule has 0 rings (SSSR count). The number of rotatable bonds is 7. The molecule has 0 fully saturated rings. The Morgan fingerprint density at radius 3 is 2.00 bits per heavy atom. The lowest BCUT2D eigenvalue weighted by atomic mass is 10.0. The molecule has 0 aliphatic carbocycles. The third kappa shape index (κ3) is 6.01. The first-order chi connectivity index (χ1) is 6.05. The van der Waals surface area contributed by atoms with E-state index >= 15 is 0 Å². The van der Waals surface area contributed by atoms with E-state index in [1.807, 2.05) is 0 Å². The minimum Gasteiger partial charge on any atom is -0.203 e. The van der Waals surface area contributed by atoms with Gasteiger partial charge in [-0.25, -0.2) is 9.44 Å². The summed E-state index contributed by atoms with van der Waals surface area (Å²) in [6.45, 7) is 6.85. The molecule has 0 heterocycles. The fourth-order valence-electron chi connectivity index (χ4n) is 1.05. The highest BCUT2D eigenvalue weighted by Crippen LogP contribution is 2.05. The van der Waals surface area contributed by atoms with E-state index in [9.17, 15) is 8.42 Å². The minimum atomic E-state index is -3.25. The van der Waals surface area contributed by atoms with Gasteiger partial charge >= 0.3 is 0 Å². The molecular formula is C8H20N2O2S. The number of hydrogen-bond donors (Lipinski definition) is 2. The lowest BCUT2D eigenvalue weighted by molar-refractivity contribution is 0.476. The van der Waals surface area contributed by atoms with Gasteiger partial charge in [0, 0.05) is 13.1 Å². The zero-order valence-corrected chi connectivity index (χ0v) is 9.45. The van der Waals surface area contributed by atoms with E-state index in [4.69, 9.17) is 0 Å². The van der Waals surface area contributed by atoms with E-state index in [1.54, 1.807) is 6.92 Å². The van der Waals surface area contributed by atoms with Gasteiger partial charge in [0.25, 0.3) is 10.2 Å². The van der Waals surface area contributed by atoms with Crippen LogP contribution in [-0.4, -0.2) is 21.5 Å². The lowest BCUT2D eigenvalue weighted by Gasteiger charge is -2.13. The van der Waals surface area contributed by atoms with Crippen LogP contribution in [0.5, 0.6) is 0 Å². The smallest absolute Gasteiger partial charge is 0.203 e. The van der Waals surface area contributed by atoms with Crippen molar-refractivity contribution in [1.29, 1.82) is 0 Å². The number of hydrogen-bond acceptors (Lipinski definition) is 2. The Morgan fingerprint density at radius 2 is 1.62 bits per heavy atom. The molecule has 0 spiro atoms. The highest BCUT2D eigenvalue weighted by Gasteiger charge is 2.10. The van der Waals surface area contributed by atoms with Crippen LogP contribution >= 0.6 is 0 Å². The standard InChI is InChI=1S/C8H20N2O2S/c1-4-8(5-2)7-10-13(11,12)9-6-3/h8-10H,4-7H2,1-3H3. The quantitative estimate of drug-likeness (QED) is 0.652. The third-order valence-corrected chi connectivity index (χ3v) is 3.27. The highest BCUT2D eigenvalue weighted by atomic mass is 32.2. The van der Waals surface area contributed by atoms with Crippen molar-refractivity contribution in [2.75, 3.05) is 13.1 Å². The molecule has 2 N–H and O–H groups in total. The van der Waals surface area contributed by atoms with E-state index in [1.165, 1.54) is 0 Å². The zero-order valence-electron chi connectivity index (χ0n) is 8.63. The summed E-state index contributed by atoms with van der Waals surface area (Å²) in [7, 11) is -3.25. The molecule has 0 bridgehead atoms. The molecule has 0 aliphatic heterocycles. The second-order valence-corrected chi connectivity index (χ2v) is 4.62. The Kier molecular flexibility index (Phi) is 6.28. The highest BCUT2D eigenvalue weighted by molar-refractivity contribution is 7.87. The predicted octanol–water partition coefficient (Wildman–Crippen LogP) is 0.866. The monoisotopic (exact) mass is 208 g/mol. The molecule has 0 saturated carbocycles. The summed E-state index contributed by atoms with van der Waals surface area (Å²) >= 11 is 0. The topological polar surface area (TPSA) is 58.2 Å². The van der Waals surface area contributed by atoms with Crippen molar-refractivity contribution in [3.8, 4) is 0 Å². The summed E-state index contributed by atoms with van der Waals surface area (Å²) in [6.07, 6.45) is 2.01. The van der Waals surface area contributed by atoms with Crippen LogP contribution in [0.3, 0.4) is 0 Å². The largest absolute Gasteiger partial charge is 0.276 e. The average molecular weight is 208 g/mol. The molecule has 0 unspecified atom stereocenters. The normalized spacial score (nSPS) is 12.3. The second kappa shape index (κ2) is 6.34. The fraction of sp³-hybridized carbons (Fsp3) is 1.00.